The van der Waals surface area contributed by atoms with Crippen LogP contribution in [-0.2, 0) is 28.7 Å². The van der Waals surface area contributed by atoms with Crippen LogP contribution in [0.2, 0.25) is 0 Å². The maximum Gasteiger partial charge on any atom is 0.326 e. The first-order valence-electron chi connectivity index (χ1n) is 12.3. The lowest BCUT2D eigenvalue weighted by molar-refractivity contribution is -0.157. The first-order valence-corrected chi connectivity index (χ1v) is 12.3. The summed E-state index contributed by atoms with van der Waals surface area (Å²) in [5, 5.41) is 2.84. The molecule has 2 fully saturated rings. The summed E-state index contributed by atoms with van der Waals surface area (Å²) in [6, 6.07) is 5.34. The second kappa shape index (κ2) is 11.5. The summed E-state index contributed by atoms with van der Waals surface area (Å²) in [7, 11) is 0. The highest BCUT2D eigenvalue weighted by molar-refractivity contribution is 6.07. The molecule has 1 saturated carbocycles. The number of amides is 4. The maximum absolute atomic E-state index is 12.8. The van der Waals surface area contributed by atoms with E-state index in [-0.39, 0.29) is 42.1 Å². The minimum Gasteiger partial charge on any atom is -0.454 e. The van der Waals surface area contributed by atoms with Gasteiger partial charge in [-0.1, -0.05) is 31.9 Å². The molecule has 1 saturated heterocycles. The van der Waals surface area contributed by atoms with Gasteiger partial charge in [0.25, 0.3) is 5.91 Å². The third-order valence-electron chi connectivity index (χ3n) is 7.21. The molecule has 1 N–H and O–H groups in total. The molecule has 3 atom stereocenters. The van der Waals surface area contributed by atoms with Gasteiger partial charge in [-0.25, -0.2) is 0 Å². The van der Waals surface area contributed by atoms with Crippen LogP contribution >= 0.6 is 0 Å². The van der Waals surface area contributed by atoms with Gasteiger partial charge in [-0.15, -0.1) is 0 Å². The maximum atomic E-state index is 12.8. The molecule has 0 bridgehead atoms. The average Bonchev–Trinajstić information content (AvgIpc) is 3.08. The number of esters is 1. The van der Waals surface area contributed by atoms with Gasteiger partial charge in [0, 0.05) is 11.7 Å². The number of hydrogen-bond acceptors (Lipinski definition) is 6. The molecule has 0 aromatic heterocycles. The van der Waals surface area contributed by atoms with Gasteiger partial charge in [0.2, 0.25) is 17.7 Å². The van der Waals surface area contributed by atoms with Gasteiger partial charge < -0.3 is 15.0 Å². The number of hydrogen-bond donors (Lipinski definition) is 1. The predicted octanol–water partition coefficient (Wildman–Crippen LogP) is 2.59. The fourth-order valence-electron chi connectivity index (χ4n) is 4.73. The van der Waals surface area contributed by atoms with Crippen molar-refractivity contribution in [2.45, 2.75) is 65.8 Å². The van der Waals surface area contributed by atoms with E-state index < -0.39 is 25.0 Å². The number of carbonyl (C=O) groups is 5. The third kappa shape index (κ3) is 6.07. The molecule has 0 unspecified atom stereocenters. The van der Waals surface area contributed by atoms with E-state index in [4.69, 9.17) is 4.74 Å². The zero-order valence-electron chi connectivity index (χ0n) is 21.0. The Kier molecular flexibility index (Phi) is 8.64. The molecule has 4 amide bonds. The summed E-state index contributed by atoms with van der Waals surface area (Å²) >= 11 is 0. The molecular weight excluding hydrogens is 450 g/mol. The molecule has 0 spiro atoms. The molecular formula is C26H35N3O6. The third-order valence-corrected chi connectivity index (χ3v) is 7.21. The van der Waals surface area contributed by atoms with Crippen LogP contribution in [0.4, 0.5) is 5.69 Å². The van der Waals surface area contributed by atoms with Crippen molar-refractivity contribution in [3.05, 3.63) is 29.3 Å². The summed E-state index contributed by atoms with van der Waals surface area (Å²) in [6.45, 7) is 6.32. The second-order valence-electron chi connectivity index (χ2n) is 9.50. The van der Waals surface area contributed by atoms with Crippen molar-refractivity contribution < 1.29 is 28.7 Å². The van der Waals surface area contributed by atoms with Gasteiger partial charge in [0.15, 0.2) is 6.61 Å². The highest BCUT2D eigenvalue weighted by Gasteiger charge is 2.48. The number of rotatable bonds is 9. The Bertz CT molecular complexity index is 983. The largest absolute Gasteiger partial charge is 0.454 e. The van der Waals surface area contributed by atoms with Crippen molar-refractivity contribution in [3.63, 3.8) is 0 Å². The summed E-state index contributed by atoms with van der Waals surface area (Å²) in [6.07, 6.45) is 3.72. The molecule has 1 aliphatic carbocycles. The van der Waals surface area contributed by atoms with Crippen molar-refractivity contribution in [1.29, 1.82) is 0 Å². The molecule has 2 aliphatic rings. The van der Waals surface area contributed by atoms with Crippen molar-refractivity contribution >= 4 is 35.3 Å². The van der Waals surface area contributed by atoms with Crippen molar-refractivity contribution in [2.24, 2.45) is 11.8 Å². The van der Waals surface area contributed by atoms with E-state index >= 15 is 0 Å². The number of carbonyl (C=O) groups excluding carboxylic acids is 5. The number of benzene rings is 1. The highest BCUT2D eigenvalue weighted by atomic mass is 16.5. The minimum absolute atomic E-state index is 0.189. The van der Waals surface area contributed by atoms with E-state index in [0.29, 0.717) is 24.9 Å². The SMILES string of the molecule is CC[C@H](C)N(CC(=O)Nc1cccc(C)c1C)C(=O)COC(=O)CN1C(=O)[C@H]2CCCC[C@@H]2C1=O. The lowest BCUT2D eigenvalue weighted by atomic mass is 9.81. The first-order chi connectivity index (χ1) is 16.6. The summed E-state index contributed by atoms with van der Waals surface area (Å²) in [5.41, 5.74) is 2.67. The van der Waals surface area contributed by atoms with E-state index in [0.717, 1.165) is 28.9 Å². The topological polar surface area (TPSA) is 113 Å². The van der Waals surface area contributed by atoms with Gasteiger partial charge in [-0.2, -0.15) is 0 Å². The van der Waals surface area contributed by atoms with Gasteiger partial charge >= 0.3 is 5.97 Å². The Balaban J connectivity index is 1.55. The molecule has 1 aromatic carbocycles. The van der Waals surface area contributed by atoms with Crippen LogP contribution in [0.25, 0.3) is 0 Å². The Morgan fingerprint density at radius 3 is 2.34 bits per heavy atom. The molecule has 35 heavy (non-hydrogen) atoms. The number of imide groups is 1. The minimum atomic E-state index is -0.817. The van der Waals surface area contributed by atoms with Gasteiger partial charge in [-0.05, 0) is 57.2 Å². The molecule has 1 aromatic rings. The first kappa shape index (κ1) is 26.4. The smallest absolute Gasteiger partial charge is 0.326 e. The normalized spacial score (nSPS) is 20.3. The predicted molar refractivity (Wildman–Crippen MR) is 129 cm³/mol. The molecule has 3 rings (SSSR count). The summed E-state index contributed by atoms with van der Waals surface area (Å²) in [4.78, 5) is 65.4. The quantitative estimate of drug-likeness (QED) is 0.425. The van der Waals surface area contributed by atoms with Crippen LogP contribution in [0.5, 0.6) is 0 Å². The monoisotopic (exact) mass is 485 g/mol. The van der Waals surface area contributed by atoms with Crippen molar-refractivity contribution in [2.75, 3.05) is 25.0 Å². The number of nitrogens with zero attached hydrogens (tertiary/aromatic N) is 2. The van der Waals surface area contributed by atoms with Crippen LogP contribution in [0, 0.1) is 25.7 Å². The van der Waals surface area contributed by atoms with Gasteiger partial charge in [-0.3, -0.25) is 28.9 Å². The van der Waals surface area contributed by atoms with Crippen LogP contribution in [0.15, 0.2) is 18.2 Å². The number of ether oxygens (including phenoxy) is 1. The zero-order chi connectivity index (χ0) is 25.7. The Hall–Kier alpha value is -3.23. The number of aryl methyl sites for hydroxylation is 1. The Labute approximate surface area is 206 Å². The van der Waals surface area contributed by atoms with Gasteiger partial charge in [0.1, 0.15) is 13.1 Å². The standard InChI is InChI=1S/C26H35N3O6/c1-5-17(3)28(13-22(30)27-21-12-8-9-16(2)18(21)4)23(31)15-35-24(32)14-29-25(33)19-10-6-7-11-20(19)26(29)34/h8-9,12,17,19-20H,5-7,10-11,13-15H2,1-4H3,(H,27,30)/t17-,19-,20-/m0/s1. The van der Waals surface area contributed by atoms with Crippen LogP contribution in [0.1, 0.15) is 57.1 Å². The van der Waals surface area contributed by atoms with E-state index in [1.165, 1.54) is 4.90 Å². The second-order valence-corrected chi connectivity index (χ2v) is 9.50. The number of anilines is 1. The molecule has 9 heteroatoms. The van der Waals surface area contributed by atoms with Crippen LogP contribution in [0.3, 0.4) is 0 Å². The average molecular weight is 486 g/mol. The summed E-state index contributed by atoms with van der Waals surface area (Å²) in [5.74, 6) is -3.03. The van der Waals surface area contributed by atoms with E-state index in [1.807, 2.05) is 39.8 Å². The molecule has 0 radical (unpaired) electrons. The highest BCUT2D eigenvalue weighted by Crippen LogP contribution is 2.37. The molecule has 1 aliphatic heterocycles. The Morgan fingerprint density at radius 2 is 1.74 bits per heavy atom. The Morgan fingerprint density at radius 1 is 1.11 bits per heavy atom. The van der Waals surface area contributed by atoms with Crippen molar-refractivity contribution in [1.82, 2.24) is 9.80 Å². The summed E-state index contributed by atoms with van der Waals surface area (Å²) < 4.78 is 5.12. The van der Waals surface area contributed by atoms with E-state index in [2.05, 4.69) is 5.32 Å². The van der Waals surface area contributed by atoms with E-state index in [1.54, 1.807) is 6.07 Å². The van der Waals surface area contributed by atoms with E-state index in [9.17, 15) is 24.0 Å². The van der Waals surface area contributed by atoms with Crippen LogP contribution < -0.4 is 5.32 Å². The number of fused-ring (bicyclic) bond motifs is 1. The van der Waals surface area contributed by atoms with Crippen LogP contribution in [-0.4, -0.2) is 65.1 Å². The molecule has 9 nitrogen and oxygen atoms in total. The lowest BCUT2D eigenvalue weighted by Gasteiger charge is -2.28. The van der Waals surface area contributed by atoms with Crippen molar-refractivity contribution in [3.8, 4) is 0 Å². The van der Waals surface area contributed by atoms with Gasteiger partial charge in [0.05, 0.1) is 11.8 Å². The lowest BCUT2D eigenvalue weighted by Crippen LogP contribution is -2.45. The zero-order valence-corrected chi connectivity index (χ0v) is 21.0. The number of likely N-dealkylation sites (tertiary alicyclic amines) is 1. The number of nitrogens with one attached hydrogen (secondary N) is 1. The molecule has 190 valence electrons. The molecule has 1 heterocycles. The fraction of sp³-hybridized carbons (Fsp3) is 0.577. The fourth-order valence-corrected chi connectivity index (χ4v) is 4.73.